The molecule has 3 aromatic rings. The molecule has 8 heteroatoms. The molecule has 0 radical (unpaired) electrons. The number of esters is 1. The number of carbonyl (C=O) groups is 2. The summed E-state index contributed by atoms with van der Waals surface area (Å²) in [4.78, 5) is 25.7. The van der Waals surface area contributed by atoms with E-state index in [4.69, 9.17) is 14.2 Å². The summed E-state index contributed by atoms with van der Waals surface area (Å²) < 4.78 is 17.0. The molecule has 0 spiro atoms. The number of nitrogens with zero attached hydrogens (tertiary/aromatic N) is 2. The van der Waals surface area contributed by atoms with Crippen molar-refractivity contribution >= 4 is 18.3 Å². The zero-order chi connectivity index (χ0) is 28.3. The van der Waals surface area contributed by atoms with Crippen LogP contribution >= 0.6 is 0 Å². The second kappa shape index (κ2) is 14.0. The molecule has 0 saturated carbocycles. The Morgan fingerprint density at radius 3 is 2.10 bits per heavy atom. The van der Waals surface area contributed by atoms with Gasteiger partial charge in [0, 0.05) is 26.1 Å². The third-order valence-electron chi connectivity index (χ3n) is 5.38. The molecule has 1 N–H and O–H groups in total. The minimum atomic E-state index is -0.960. The van der Waals surface area contributed by atoms with E-state index < -0.39 is 23.7 Å². The highest BCUT2D eigenvalue weighted by Gasteiger charge is 2.26. The van der Waals surface area contributed by atoms with Gasteiger partial charge < -0.3 is 24.5 Å². The van der Waals surface area contributed by atoms with Crippen molar-refractivity contribution in [1.82, 2.24) is 10.3 Å². The summed E-state index contributed by atoms with van der Waals surface area (Å²) in [6.45, 7) is 5.79. The molecule has 1 atom stereocenters. The van der Waals surface area contributed by atoms with Crippen molar-refractivity contribution in [2.24, 2.45) is 5.10 Å². The lowest BCUT2D eigenvalue weighted by Crippen LogP contribution is -2.45. The quantitative estimate of drug-likeness (QED) is 0.204. The van der Waals surface area contributed by atoms with Gasteiger partial charge in [-0.3, -0.25) is 0 Å². The van der Waals surface area contributed by atoms with Crippen molar-refractivity contribution in [3.8, 4) is 5.75 Å². The number of hydrazone groups is 1. The fraction of sp³-hybridized carbons (Fsp3) is 0.323. The maximum Gasteiger partial charge on any atom is 0.408 e. The van der Waals surface area contributed by atoms with Gasteiger partial charge in [0.05, 0.1) is 6.21 Å². The number of hydrogen-bond acceptors (Lipinski definition) is 7. The third kappa shape index (κ3) is 10.5. The molecule has 0 aliphatic heterocycles. The molecule has 0 heterocycles. The third-order valence-corrected chi connectivity index (χ3v) is 5.38. The number of carbonyl (C=O) groups excluding carboxylic acids is 2. The lowest BCUT2D eigenvalue weighted by atomic mass is 10.0. The summed E-state index contributed by atoms with van der Waals surface area (Å²) >= 11 is 0. The Labute approximate surface area is 230 Å². The van der Waals surface area contributed by atoms with Gasteiger partial charge in [-0.15, -0.1) is 0 Å². The molecule has 8 nitrogen and oxygen atoms in total. The highest BCUT2D eigenvalue weighted by molar-refractivity contribution is 5.84. The fourth-order valence-corrected chi connectivity index (χ4v) is 3.58. The normalized spacial score (nSPS) is 12.0. The maximum atomic E-state index is 13.1. The number of rotatable bonds is 11. The number of nitrogens with one attached hydrogen (secondary N) is 1. The van der Waals surface area contributed by atoms with Gasteiger partial charge in [-0.25, -0.2) is 9.59 Å². The van der Waals surface area contributed by atoms with Gasteiger partial charge in [-0.2, -0.15) is 5.10 Å². The number of amides is 1. The highest BCUT2D eigenvalue weighted by atomic mass is 16.6. The van der Waals surface area contributed by atoms with E-state index in [1.165, 1.54) is 0 Å². The molecule has 0 fully saturated rings. The predicted octanol–water partition coefficient (Wildman–Crippen LogP) is 5.34. The second-order valence-corrected chi connectivity index (χ2v) is 10.2. The van der Waals surface area contributed by atoms with E-state index in [0.29, 0.717) is 12.4 Å². The first-order valence-corrected chi connectivity index (χ1v) is 12.8. The predicted molar refractivity (Wildman–Crippen MR) is 152 cm³/mol. The van der Waals surface area contributed by atoms with E-state index >= 15 is 0 Å². The molecule has 0 aliphatic rings. The van der Waals surface area contributed by atoms with Crippen molar-refractivity contribution in [1.29, 1.82) is 0 Å². The Morgan fingerprint density at radius 1 is 0.897 bits per heavy atom. The molecule has 3 aromatic carbocycles. The number of ether oxygens (including phenoxy) is 3. The van der Waals surface area contributed by atoms with Crippen LogP contribution in [0.25, 0.3) is 0 Å². The molecular formula is C31H37N3O5. The van der Waals surface area contributed by atoms with Crippen molar-refractivity contribution in [3.63, 3.8) is 0 Å². The molecular weight excluding hydrogens is 494 g/mol. The van der Waals surface area contributed by atoms with Crippen molar-refractivity contribution in [3.05, 3.63) is 101 Å². The standard InChI is InChI=1S/C31H37N3O5/c1-31(2,3)39-30(36)33-27(29(35)38-22-24-14-10-7-11-15-24)19-25-16-17-28(26(18-25)20-32-34(4)5)37-21-23-12-8-6-9-13-23/h6-18,20,27H,19,21-22H2,1-5H3,(H,33,36). The summed E-state index contributed by atoms with van der Waals surface area (Å²) in [5.74, 6) is 0.0918. The van der Waals surface area contributed by atoms with Crippen LogP contribution in [0.3, 0.4) is 0 Å². The molecule has 1 amide bonds. The van der Waals surface area contributed by atoms with Gasteiger partial charge in [0.2, 0.25) is 0 Å². The van der Waals surface area contributed by atoms with E-state index in [1.807, 2.05) is 93.0 Å². The Hall–Kier alpha value is -4.33. The topological polar surface area (TPSA) is 89.5 Å². The minimum Gasteiger partial charge on any atom is -0.488 e. The zero-order valence-electron chi connectivity index (χ0n) is 23.2. The van der Waals surface area contributed by atoms with Gasteiger partial charge in [0.15, 0.2) is 0 Å². The van der Waals surface area contributed by atoms with Crippen LogP contribution in [-0.2, 0) is 33.9 Å². The average Bonchev–Trinajstić information content (AvgIpc) is 2.89. The monoisotopic (exact) mass is 531 g/mol. The lowest BCUT2D eigenvalue weighted by molar-refractivity contribution is -0.147. The minimum absolute atomic E-state index is 0.0964. The van der Waals surface area contributed by atoms with E-state index in [0.717, 1.165) is 22.3 Å². The molecule has 0 bridgehead atoms. The molecule has 0 saturated heterocycles. The van der Waals surface area contributed by atoms with Gasteiger partial charge in [0.25, 0.3) is 0 Å². The molecule has 39 heavy (non-hydrogen) atoms. The maximum absolute atomic E-state index is 13.1. The van der Waals surface area contributed by atoms with Crippen LogP contribution in [-0.4, -0.2) is 49.0 Å². The van der Waals surface area contributed by atoms with Crippen LogP contribution in [0.15, 0.2) is 84.0 Å². The number of benzene rings is 3. The fourth-order valence-electron chi connectivity index (χ4n) is 3.58. The van der Waals surface area contributed by atoms with Crippen LogP contribution in [0.5, 0.6) is 5.75 Å². The molecule has 1 unspecified atom stereocenters. The van der Waals surface area contributed by atoms with Crippen LogP contribution in [0, 0.1) is 0 Å². The molecule has 0 aromatic heterocycles. The van der Waals surface area contributed by atoms with E-state index in [2.05, 4.69) is 10.4 Å². The van der Waals surface area contributed by atoms with E-state index in [9.17, 15) is 9.59 Å². The molecule has 206 valence electrons. The van der Waals surface area contributed by atoms with Crippen LogP contribution in [0.4, 0.5) is 4.79 Å². The Kier molecular flexibility index (Phi) is 10.5. The number of hydrogen-bond donors (Lipinski definition) is 1. The SMILES string of the molecule is CN(C)N=Cc1cc(CC(NC(=O)OC(C)(C)C)C(=O)OCc2ccccc2)ccc1OCc1ccccc1. The van der Waals surface area contributed by atoms with Crippen LogP contribution < -0.4 is 10.1 Å². The largest absolute Gasteiger partial charge is 0.488 e. The second-order valence-electron chi connectivity index (χ2n) is 10.2. The summed E-state index contributed by atoms with van der Waals surface area (Å²) in [7, 11) is 3.66. The van der Waals surface area contributed by atoms with Gasteiger partial charge in [0.1, 0.15) is 30.6 Å². The Balaban J connectivity index is 1.80. The first kappa shape index (κ1) is 29.2. The van der Waals surface area contributed by atoms with Crippen molar-refractivity contribution in [2.75, 3.05) is 14.1 Å². The average molecular weight is 532 g/mol. The molecule has 3 rings (SSSR count). The van der Waals surface area contributed by atoms with Crippen molar-refractivity contribution < 1.29 is 23.8 Å². The van der Waals surface area contributed by atoms with Gasteiger partial charge in [-0.1, -0.05) is 66.7 Å². The zero-order valence-corrected chi connectivity index (χ0v) is 23.2. The first-order valence-electron chi connectivity index (χ1n) is 12.8. The van der Waals surface area contributed by atoms with Crippen LogP contribution in [0.2, 0.25) is 0 Å². The highest BCUT2D eigenvalue weighted by Crippen LogP contribution is 2.22. The Morgan fingerprint density at radius 2 is 1.51 bits per heavy atom. The van der Waals surface area contributed by atoms with Crippen molar-refractivity contribution in [2.45, 2.75) is 52.0 Å². The Bertz CT molecular complexity index is 1240. The number of alkyl carbamates (subject to hydrolysis) is 1. The summed E-state index contributed by atoms with van der Waals surface area (Å²) in [6.07, 6.45) is 1.20. The first-order chi connectivity index (χ1) is 18.6. The van der Waals surface area contributed by atoms with Gasteiger partial charge >= 0.3 is 12.1 Å². The summed E-state index contributed by atoms with van der Waals surface area (Å²) in [5, 5.41) is 8.73. The van der Waals surface area contributed by atoms with Crippen LogP contribution in [0.1, 0.15) is 43.0 Å². The summed E-state index contributed by atoms with van der Waals surface area (Å²) in [5.41, 5.74) is 2.71. The molecule has 0 aliphatic carbocycles. The lowest BCUT2D eigenvalue weighted by Gasteiger charge is -2.23. The summed E-state index contributed by atoms with van der Waals surface area (Å²) in [6, 6.07) is 23.9. The smallest absolute Gasteiger partial charge is 0.408 e. The van der Waals surface area contributed by atoms with Gasteiger partial charge in [-0.05, 0) is 49.6 Å². The van der Waals surface area contributed by atoms with E-state index in [1.54, 1.807) is 32.0 Å². The van der Waals surface area contributed by atoms with E-state index in [-0.39, 0.29) is 13.0 Å².